The van der Waals surface area contributed by atoms with Crippen LogP contribution in [0.2, 0.25) is 0 Å². The monoisotopic (exact) mass is 283 g/mol. The molecule has 1 aromatic carbocycles. The van der Waals surface area contributed by atoms with Gasteiger partial charge in [0.1, 0.15) is 4.90 Å². The molecule has 1 aromatic rings. The van der Waals surface area contributed by atoms with Crippen molar-refractivity contribution in [2.45, 2.75) is 24.3 Å². The molecule has 5 N–H and O–H groups in total. The molecule has 1 unspecified atom stereocenters. The topological polar surface area (TPSA) is 115 Å². The van der Waals surface area contributed by atoms with E-state index in [-0.39, 0.29) is 22.2 Å². The Morgan fingerprint density at radius 1 is 1.53 bits per heavy atom. The molecule has 1 atom stereocenters. The molecular weight excluding hydrogens is 266 g/mol. The Morgan fingerprint density at radius 3 is 2.63 bits per heavy atom. The van der Waals surface area contributed by atoms with Gasteiger partial charge in [0.25, 0.3) is 0 Å². The van der Waals surface area contributed by atoms with Crippen molar-refractivity contribution in [3.63, 3.8) is 0 Å². The predicted octanol–water partition coefficient (Wildman–Crippen LogP) is 0.611. The van der Waals surface area contributed by atoms with Gasteiger partial charge in [0.2, 0.25) is 15.9 Å². The third kappa shape index (κ3) is 3.80. The number of benzene rings is 1. The Balaban J connectivity index is 3.08. The van der Waals surface area contributed by atoms with Crippen molar-refractivity contribution in [1.29, 1.82) is 0 Å². The normalized spacial score (nSPS) is 12.9. The highest BCUT2D eigenvalue weighted by atomic mass is 32.2. The number of carbonyl (C=O) groups is 1. The summed E-state index contributed by atoms with van der Waals surface area (Å²) in [7, 11) is -3.73. The molecule has 0 aromatic heterocycles. The number of nitrogens with one attached hydrogen (secondary N) is 1. The summed E-state index contributed by atoms with van der Waals surface area (Å²) in [5.74, 6) is -0.663. The fourth-order valence-corrected chi connectivity index (χ4v) is 2.94. The molecule has 1 amide bonds. The Morgan fingerprint density at radius 2 is 2.16 bits per heavy atom. The van der Waals surface area contributed by atoms with Gasteiger partial charge in [0, 0.05) is 11.6 Å². The molecule has 7 heteroatoms. The van der Waals surface area contributed by atoms with Crippen LogP contribution in [-0.4, -0.2) is 20.4 Å². The Kier molecular flexibility index (Phi) is 4.68. The molecule has 0 radical (unpaired) electrons. The van der Waals surface area contributed by atoms with Crippen molar-refractivity contribution in [2.75, 3.05) is 5.73 Å². The van der Waals surface area contributed by atoms with Crippen LogP contribution < -0.4 is 16.2 Å². The van der Waals surface area contributed by atoms with Crippen LogP contribution in [-0.2, 0) is 10.0 Å². The molecule has 0 aliphatic carbocycles. The van der Waals surface area contributed by atoms with E-state index in [1.54, 1.807) is 13.0 Å². The zero-order chi connectivity index (χ0) is 14.6. The highest BCUT2D eigenvalue weighted by molar-refractivity contribution is 7.89. The van der Waals surface area contributed by atoms with E-state index in [0.29, 0.717) is 6.42 Å². The highest BCUT2D eigenvalue weighted by Crippen LogP contribution is 2.20. The quantitative estimate of drug-likeness (QED) is 0.524. The minimum atomic E-state index is -3.73. The Labute approximate surface area is 112 Å². The molecule has 0 fully saturated rings. The molecule has 1 rings (SSSR count). The maximum atomic E-state index is 12.1. The lowest BCUT2D eigenvalue weighted by atomic mass is 10.2. The van der Waals surface area contributed by atoms with E-state index < -0.39 is 15.9 Å². The number of primary amides is 1. The van der Waals surface area contributed by atoms with Crippen LogP contribution >= 0.6 is 0 Å². The number of hydrogen-bond donors (Lipinski definition) is 3. The average Bonchev–Trinajstić information content (AvgIpc) is 2.27. The summed E-state index contributed by atoms with van der Waals surface area (Å²) in [6, 6.07) is 3.54. The largest absolute Gasteiger partial charge is 0.398 e. The van der Waals surface area contributed by atoms with Crippen LogP contribution in [0.15, 0.2) is 35.7 Å². The number of nitrogens with two attached hydrogens (primary N) is 2. The lowest BCUT2D eigenvalue weighted by Crippen LogP contribution is -2.32. The molecule has 0 saturated heterocycles. The van der Waals surface area contributed by atoms with E-state index in [2.05, 4.69) is 11.3 Å². The third-order valence-corrected chi connectivity index (χ3v) is 4.12. The molecule has 0 aliphatic rings. The molecule has 0 saturated carbocycles. The van der Waals surface area contributed by atoms with E-state index in [4.69, 9.17) is 11.5 Å². The molecule has 19 heavy (non-hydrogen) atoms. The first-order chi connectivity index (χ1) is 8.77. The number of carbonyl (C=O) groups excluding carboxylic acids is 1. The van der Waals surface area contributed by atoms with Crippen LogP contribution in [0.5, 0.6) is 0 Å². The molecule has 0 bridgehead atoms. The molecule has 0 spiro atoms. The predicted molar refractivity (Wildman–Crippen MR) is 74.0 cm³/mol. The van der Waals surface area contributed by atoms with Crippen molar-refractivity contribution in [3.05, 3.63) is 36.4 Å². The fraction of sp³-hybridized carbons (Fsp3) is 0.250. The van der Waals surface area contributed by atoms with Gasteiger partial charge in [-0.15, -0.1) is 6.58 Å². The number of rotatable bonds is 6. The first-order valence-electron chi connectivity index (χ1n) is 5.60. The fourth-order valence-electron chi connectivity index (χ4n) is 1.57. The van der Waals surface area contributed by atoms with Gasteiger partial charge >= 0.3 is 0 Å². The van der Waals surface area contributed by atoms with Crippen LogP contribution in [0.3, 0.4) is 0 Å². The molecule has 0 heterocycles. The van der Waals surface area contributed by atoms with Crippen LogP contribution in [0.1, 0.15) is 23.7 Å². The number of hydrogen-bond acceptors (Lipinski definition) is 4. The number of sulfonamides is 1. The van der Waals surface area contributed by atoms with E-state index >= 15 is 0 Å². The van der Waals surface area contributed by atoms with Crippen molar-refractivity contribution in [3.8, 4) is 0 Å². The Bertz CT molecular complexity index is 596. The summed E-state index contributed by atoms with van der Waals surface area (Å²) in [5.41, 5.74) is 10.9. The van der Waals surface area contributed by atoms with Gasteiger partial charge in [0.05, 0.1) is 5.69 Å². The second-order valence-corrected chi connectivity index (χ2v) is 5.85. The first kappa shape index (κ1) is 15.2. The van der Waals surface area contributed by atoms with Crippen molar-refractivity contribution in [2.24, 2.45) is 5.73 Å². The van der Waals surface area contributed by atoms with Gasteiger partial charge in [0.15, 0.2) is 0 Å². The van der Waals surface area contributed by atoms with Crippen molar-refractivity contribution < 1.29 is 13.2 Å². The number of amides is 1. The minimum absolute atomic E-state index is 0.0189. The van der Waals surface area contributed by atoms with Gasteiger partial charge in [-0.25, -0.2) is 13.1 Å². The first-order valence-corrected chi connectivity index (χ1v) is 7.09. The second-order valence-electron chi connectivity index (χ2n) is 4.16. The van der Waals surface area contributed by atoms with Gasteiger partial charge in [-0.05, 0) is 31.5 Å². The van der Waals surface area contributed by atoms with E-state index in [1.165, 1.54) is 18.2 Å². The second kappa shape index (κ2) is 5.85. The van der Waals surface area contributed by atoms with E-state index in [9.17, 15) is 13.2 Å². The van der Waals surface area contributed by atoms with Crippen LogP contribution in [0.4, 0.5) is 5.69 Å². The van der Waals surface area contributed by atoms with Gasteiger partial charge in [-0.2, -0.15) is 0 Å². The zero-order valence-corrected chi connectivity index (χ0v) is 11.4. The van der Waals surface area contributed by atoms with E-state index in [0.717, 1.165) is 0 Å². The summed E-state index contributed by atoms with van der Waals surface area (Å²) < 4.78 is 26.6. The smallest absolute Gasteiger partial charge is 0.248 e. The van der Waals surface area contributed by atoms with Gasteiger partial charge in [-0.3, -0.25) is 4.79 Å². The summed E-state index contributed by atoms with van der Waals surface area (Å²) in [6.45, 7) is 5.26. The maximum Gasteiger partial charge on any atom is 0.248 e. The van der Waals surface area contributed by atoms with Crippen LogP contribution in [0, 0.1) is 0 Å². The van der Waals surface area contributed by atoms with Crippen LogP contribution in [0.25, 0.3) is 0 Å². The molecule has 0 aliphatic heterocycles. The standard InChI is InChI=1S/C12H17N3O3S/c1-3-4-8(2)15-19(17,18)11-6-5-9(12(14)16)7-10(11)13/h3,5-8,15H,1,4,13H2,2H3,(H2,14,16). The zero-order valence-electron chi connectivity index (χ0n) is 10.6. The lowest BCUT2D eigenvalue weighted by Gasteiger charge is -2.14. The summed E-state index contributed by atoms with van der Waals surface area (Å²) in [5, 5.41) is 0. The number of nitrogen functional groups attached to an aromatic ring is 1. The third-order valence-electron chi connectivity index (χ3n) is 2.46. The summed E-state index contributed by atoms with van der Waals surface area (Å²) in [4.78, 5) is 10.9. The van der Waals surface area contributed by atoms with E-state index in [1.807, 2.05) is 0 Å². The highest BCUT2D eigenvalue weighted by Gasteiger charge is 2.20. The SMILES string of the molecule is C=CCC(C)NS(=O)(=O)c1ccc(C(N)=O)cc1N. The summed E-state index contributed by atoms with van der Waals surface area (Å²) in [6.07, 6.45) is 2.12. The Hall–Kier alpha value is -1.86. The minimum Gasteiger partial charge on any atom is -0.398 e. The maximum absolute atomic E-state index is 12.1. The van der Waals surface area contributed by atoms with Crippen molar-refractivity contribution >= 4 is 21.6 Å². The molecule has 6 nitrogen and oxygen atoms in total. The van der Waals surface area contributed by atoms with Gasteiger partial charge < -0.3 is 11.5 Å². The summed E-state index contributed by atoms with van der Waals surface area (Å²) >= 11 is 0. The number of anilines is 1. The van der Waals surface area contributed by atoms with Crippen molar-refractivity contribution in [1.82, 2.24) is 4.72 Å². The molecular formula is C12H17N3O3S. The molecule has 104 valence electrons. The lowest BCUT2D eigenvalue weighted by molar-refractivity contribution is 0.1000. The van der Waals surface area contributed by atoms with Gasteiger partial charge in [-0.1, -0.05) is 6.08 Å². The average molecular weight is 283 g/mol.